The van der Waals surface area contributed by atoms with Crippen LogP contribution in [0.5, 0.6) is 5.75 Å². The van der Waals surface area contributed by atoms with Crippen molar-refractivity contribution in [1.82, 2.24) is 4.98 Å². The Hall–Kier alpha value is -2.53. The molecule has 0 aliphatic heterocycles. The summed E-state index contributed by atoms with van der Waals surface area (Å²) >= 11 is 1.66. The van der Waals surface area contributed by atoms with Gasteiger partial charge in [-0.2, -0.15) is 0 Å². The quantitative estimate of drug-likeness (QED) is 0.765. The van der Waals surface area contributed by atoms with Crippen LogP contribution >= 0.6 is 11.3 Å². The molecule has 106 valence electrons. The Balaban J connectivity index is 1.72. The lowest BCUT2D eigenvalue weighted by atomic mass is 10.2. The van der Waals surface area contributed by atoms with Crippen molar-refractivity contribution in [3.05, 3.63) is 59.6 Å². The molecule has 0 spiro atoms. The van der Waals surface area contributed by atoms with Crippen LogP contribution in [0, 0.1) is 0 Å². The fourth-order valence-electron chi connectivity index (χ4n) is 1.99. The second kappa shape index (κ2) is 5.85. The Morgan fingerprint density at radius 1 is 1.24 bits per heavy atom. The number of carbonyl (C=O) groups excluding carboxylic acids is 1. The topological polar surface area (TPSA) is 54.1 Å². The summed E-state index contributed by atoms with van der Waals surface area (Å²) in [5, 5.41) is 4.87. The van der Waals surface area contributed by atoms with Gasteiger partial charge in [-0.1, -0.05) is 6.07 Å². The number of anilines is 1. The molecule has 0 saturated heterocycles. The van der Waals surface area contributed by atoms with Crippen LogP contribution in [0.2, 0.25) is 0 Å². The zero-order chi connectivity index (χ0) is 14.7. The predicted molar refractivity (Wildman–Crippen MR) is 85.1 cm³/mol. The van der Waals surface area contributed by atoms with E-state index in [4.69, 9.17) is 4.74 Å². The molecule has 0 bridgehead atoms. The molecule has 1 amide bonds. The van der Waals surface area contributed by atoms with Gasteiger partial charge in [-0.15, -0.1) is 11.3 Å². The summed E-state index contributed by atoms with van der Waals surface area (Å²) in [5.74, 6) is 1.25. The fraction of sp³-hybridized carbons (Fsp3) is 0.0625. The maximum absolute atomic E-state index is 12.1. The lowest BCUT2D eigenvalue weighted by Gasteiger charge is -2.04. The highest BCUT2D eigenvalue weighted by molar-refractivity contribution is 7.13. The van der Waals surface area contributed by atoms with Crippen LogP contribution in [-0.2, 0) is 0 Å². The summed E-state index contributed by atoms with van der Waals surface area (Å²) in [4.78, 5) is 16.4. The minimum atomic E-state index is -0.155. The monoisotopic (exact) mass is 298 g/mol. The molecule has 2 N–H and O–H groups in total. The van der Waals surface area contributed by atoms with Gasteiger partial charge in [0.1, 0.15) is 11.6 Å². The number of H-pyrrole nitrogens is 1. The molecule has 0 atom stereocenters. The molecule has 3 rings (SSSR count). The summed E-state index contributed by atoms with van der Waals surface area (Å²) in [6.45, 7) is 0. The molecule has 4 nitrogen and oxygen atoms in total. The third-order valence-electron chi connectivity index (χ3n) is 3.09. The number of rotatable bonds is 4. The molecular formula is C16H14N2O2S. The number of hydrogen-bond donors (Lipinski definition) is 2. The van der Waals surface area contributed by atoms with Gasteiger partial charge in [-0.3, -0.25) is 4.79 Å². The molecule has 0 fully saturated rings. The predicted octanol–water partition coefficient (Wildman–Crippen LogP) is 4.00. The molecule has 0 radical (unpaired) electrons. The van der Waals surface area contributed by atoms with E-state index in [0.717, 1.165) is 16.2 Å². The first-order valence-electron chi connectivity index (χ1n) is 6.44. The van der Waals surface area contributed by atoms with Crippen molar-refractivity contribution in [2.24, 2.45) is 0 Å². The van der Waals surface area contributed by atoms with Crippen LogP contribution in [0.25, 0.3) is 10.4 Å². The second-order valence-electron chi connectivity index (χ2n) is 4.46. The van der Waals surface area contributed by atoms with Gasteiger partial charge in [-0.25, -0.2) is 0 Å². The Labute approximate surface area is 126 Å². The normalized spacial score (nSPS) is 10.3. The van der Waals surface area contributed by atoms with Gasteiger partial charge in [0.2, 0.25) is 0 Å². The Morgan fingerprint density at radius 3 is 2.71 bits per heavy atom. The lowest BCUT2D eigenvalue weighted by molar-refractivity contribution is 0.102. The number of aromatic amines is 1. The summed E-state index contributed by atoms with van der Waals surface area (Å²) in [7, 11) is 1.60. The van der Waals surface area contributed by atoms with Crippen molar-refractivity contribution >= 4 is 23.1 Å². The number of ether oxygens (including phenoxy) is 1. The Kier molecular flexibility index (Phi) is 3.75. The first-order valence-corrected chi connectivity index (χ1v) is 7.32. The summed E-state index contributed by atoms with van der Waals surface area (Å²) in [5.41, 5.74) is 1.65. The smallest absolute Gasteiger partial charge is 0.256 e. The average molecular weight is 298 g/mol. The maximum Gasteiger partial charge on any atom is 0.256 e. The van der Waals surface area contributed by atoms with E-state index >= 15 is 0 Å². The first kappa shape index (κ1) is 13.5. The van der Waals surface area contributed by atoms with Crippen LogP contribution < -0.4 is 10.1 Å². The van der Waals surface area contributed by atoms with Crippen molar-refractivity contribution in [1.29, 1.82) is 0 Å². The number of methoxy groups -OCH3 is 1. The van der Waals surface area contributed by atoms with Gasteiger partial charge in [0, 0.05) is 22.2 Å². The number of carbonyl (C=O) groups is 1. The fourth-order valence-corrected chi connectivity index (χ4v) is 2.70. The molecule has 2 aromatic heterocycles. The third kappa shape index (κ3) is 2.98. The average Bonchev–Trinajstić information content (AvgIpc) is 3.18. The van der Waals surface area contributed by atoms with Gasteiger partial charge in [-0.05, 0) is 41.8 Å². The van der Waals surface area contributed by atoms with Crippen LogP contribution in [0.3, 0.4) is 0 Å². The molecule has 0 unspecified atom stereocenters. The van der Waals surface area contributed by atoms with Crippen molar-refractivity contribution in [2.45, 2.75) is 0 Å². The zero-order valence-corrected chi connectivity index (χ0v) is 12.2. The highest BCUT2D eigenvalue weighted by atomic mass is 32.1. The van der Waals surface area contributed by atoms with E-state index in [1.54, 1.807) is 42.7 Å². The van der Waals surface area contributed by atoms with Crippen molar-refractivity contribution in [3.8, 4) is 16.2 Å². The van der Waals surface area contributed by atoms with Crippen LogP contribution in [0.1, 0.15) is 10.4 Å². The number of aromatic nitrogens is 1. The van der Waals surface area contributed by atoms with E-state index in [1.807, 2.05) is 29.8 Å². The van der Waals surface area contributed by atoms with Gasteiger partial charge >= 0.3 is 0 Å². The van der Waals surface area contributed by atoms with E-state index in [0.29, 0.717) is 11.4 Å². The van der Waals surface area contributed by atoms with E-state index in [1.165, 1.54) is 0 Å². The van der Waals surface area contributed by atoms with Crippen LogP contribution in [0.15, 0.2) is 54.0 Å². The number of hydrogen-bond acceptors (Lipinski definition) is 3. The standard InChI is InChI=1S/C16H14N2O2S/c1-20-13-6-4-11(5-7-13)16(19)18-15-9-12(10-17-15)14-3-2-8-21-14/h2-10,17H,1H3,(H,18,19). The molecular weight excluding hydrogens is 284 g/mol. The Morgan fingerprint density at radius 2 is 2.05 bits per heavy atom. The largest absolute Gasteiger partial charge is 0.497 e. The van der Waals surface area contributed by atoms with Gasteiger partial charge in [0.15, 0.2) is 0 Å². The van der Waals surface area contributed by atoms with E-state index in [-0.39, 0.29) is 5.91 Å². The number of nitrogens with one attached hydrogen (secondary N) is 2. The van der Waals surface area contributed by atoms with Crippen molar-refractivity contribution in [2.75, 3.05) is 12.4 Å². The highest BCUT2D eigenvalue weighted by Gasteiger charge is 2.08. The van der Waals surface area contributed by atoms with Gasteiger partial charge in [0.05, 0.1) is 7.11 Å². The minimum absolute atomic E-state index is 0.155. The minimum Gasteiger partial charge on any atom is -0.497 e. The Bertz CT molecular complexity index is 730. The zero-order valence-electron chi connectivity index (χ0n) is 11.4. The maximum atomic E-state index is 12.1. The highest BCUT2D eigenvalue weighted by Crippen LogP contribution is 2.26. The second-order valence-corrected chi connectivity index (χ2v) is 5.41. The molecule has 21 heavy (non-hydrogen) atoms. The summed E-state index contributed by atoms with van der Waals surface area (Å²) in [6.07, 6.45) is 1.88. The SMILES string of the molecule is COc1ccc(C(=O)Nc2cc(-c3cccs3)c[nH]2)cc1. The van der Waals surface area contributed by atoms with E-state index in [2.05, 4.69) is 10.3 Å². The molecule has 2 heterocycles. The third-order valence-corrected chi connectivity index (χ3v) is 4.01. The molecule has 5 heteroatoms. The van der Waals surface area contributed by atoms with Crippen molar-refractivity contribution < 1.29 is 9.53 Å². The molecule has 0 aliphatic rings. The number of amides is 1. The van der Waals surface area contributed by atoms with E-state index < -0.39 is 0 Å². The molecule has 1 aromatic carbocycles. The van der Waals surface area contributed by atoms with Gasteiger partial charge in [0.25, 0.3) is 5.91 Å². The summed E-state index contributed by atoms with van der Waals surface area (Å²) in [6, 6.07) is 13.0. The molecule has 3 aromatic rings. The number of thiophene rings is 1. The van der Waals surface area contributed by atoms with Crippen LogP contribution in [-0.4, -0.2) is 18.0 Å². The lowest BCUT2D eigenvalue weighted by Crippen LogP contribution is -2.11. The molecule has 0 saturated carbocycles. The van der Waals surface area contributed by atoms with E-state index in [9.17, 15) is 4.79 Å². The first-order chi connectivity index (χ1) is 10.3. The van der Waals surface area contributed by atoms with Crippen molar-refractivity contribution in [3.63, 3.8) is 0 Å². The number of benzene rings is 1. The van der Waals surface area contributed by atoms with Gasteiger partial charge < -0.3 is 15.0 Å². The molecule has 0 aliphatic carbocycles. The van der Waals surface area contributed by atoms with Crippen LogP contribution in [0.4, 0.5) is 5.82 Å². The summed E-state index contributed by atoms with van der Waals surface area (Å²) < 4.78 is 5.08.